The van der Waals surface area contributed by atoms with E-state index in [0.29, 0.717) is 0 Å². The molecule has 0 N–H and O–H groups in total. The quantitative estimate of drug-likeness (QED) is 0.197. The number of oxime groups is 1. The maximum Gasteiger partial charge on any atom is 0.200 e. The first kappa shape index (κ1) is 12.4. The first-order chi connectivity index (χ1) is 7.50. The van der Waals surface area contributed by atoms with Gasteiger partial charge in [0.25, 0.3) is 0 Å². The molecular weight excluding hydrogens is 233 g/mol. The van der Waals surface area contributed by atoms with Crippen LogP contribution in [0.25, 0.3) is 0 Å². The van der Waals surface area contributed by atoms with Crippen LogP contribution in [0.15, 0.2) is 5.16 Å². The van der Waals surface area contributed by atoms with Crippen LogP contribution in [0.5, 0.6) is 0 Å². The van der Waals surface area contributed by atoms with Crippen molar-refractivity contribution in [3.63, 3.8) is 0 Å². The fraction of sp³-hybridized carbons (Fsp3) is 0.222. The summed E-state index contributed by atoms with van der Waals surface area (Å²) in [6.07, 6.45) is -0.495. The summed E-state index contributed by atoms with van der Waals surface area (Å²) in [5.41, 5.74) is -0.931. The lowest BCUT2D eigenvalue weighted by Crippen LogP contribution is -2.09. The number of hydrogen-bond acceptors (Lipinski definition) is 2. The molecule has 0 aliphatic carbocycles. The van der Waals surface area contributed by atoms with Crippen LogP contribution < -0.4 is 0 Å². The Hall–Kier alpha value is -1.66. The van der Waals surface area contributed by atoms with Crippen LogP contribution >= 0.6 is 0 Å². The molecule has 0 fully saturated rings. The Bertz CT molecular complexity index is 392. The molecule has 88 valence electrons. The Morgan fingerprint density at radius 3 is 1.75 bits per heavy atom. The van der Waals surface area contributed by atoms with Crippen LogP contribution in [0.2, 0.25) is 0 Å². The van der Waals surface area contributed by atoms with Crippen LogP contribution in [0.4, 0.5) is 22.0 Å². The summed E-state index contributed by atoms with van der Waals surface area (Å²) in [7, 11) is 0. The molecule has 0 bridgehead atoms. The highest BCUT2D eigenvalue weighted by molar-refractivity contribution is 5.24. The second kappa shape index (κ2) is 4.91. The number of hydrogen-bond donors (Lipinski definition) is 0. The van der Waals surface area contributed by atoms with Crippen molar-refractivity contribution in [1.29, 1.82) is 0 Å². The van der Waals surface area contributed by atoms with E-state index in [0.717, 1.165) is 0 Å². The molecule has 0 aromatic heterocycles. The van der Waals surface area contributed by atoms with Crippen LogP contribution in [-0.2, 0) is 11.3 Å². The molecule has 2 nitrogen and oxygen atoms in total. The van der Waals surface area contributed by atoms with Crippen LogP contribution in [0.3, 0.4) is 0 Å². The third-order valence-corrected chi connectivity index (χ3v) is 1.84. The molecule has 0 aliphatic heterocycles. The number of rotatable bonds is 4. The molecule has 16 heavy (non-hydrogen) atoms. The van der Waals surface area contributed by atoms with Gasteiger partial charge >= 0.3 is 0 Å². The molecule has 0 unspecified atom stereocenters. The van der Waals surface area contributed by atoms with Gasteiger partial charge in [-0.3, -0.25) is 0 Å². The van der Waals surface area contributed by atoms with Crippen LogP contribution in [-0.4, -0.2) is 13.3 Å². The van der Waals surface area contributed by atoms with Crippen molar-refractivity contribution < 1.29 is 26.8 Å². The minimum atomic E-state index is -2.18. The summed E-state index contributed by atoms with van der Waals surface area (Å²) in [6, 6.07) is 0. The Kier molecular flexibility index (Phi) is 3.81. The fourth-order valence-electron chi connectivity index (χ4n) is 1.08. The van der Waals surface area contributed by atoms with Crippen molar-refractivity contribution in [3.05, 3.63) is 34.6 Å². The second-order valence-corrected chi connectivity index (χ2v) is 2.76. The van der Waals surface area contributed by atoms with Gasteiger partial charge in [0.1, 0.15) is 6.61 Å². The Morgan fingerprint density at radius 2 is 1.31 bits per heavy atom. The maximum atomic E-state index is 13.0. The van der Waals surface area contributed by atoms with Crippen molar-refractivity contribution in [2.24, 2.45) is 5.16 Å². The van der Waals surface area contributed by atoms with E-state index in [1.54, 1.807) is 0 Å². The third-order valence-electron chi connectivity index (χ3n) is 1.84. The van der Waals surface area contributed by atoms with E-state index in [-0.39, 0.29) is 6.61 Å². The van der Waals surface area contributed by atoms with E-state index >= 15 is 0 Å². The number of nitrogens with zero attached hydrogens (tertiary/aromatic N) is 1. The highest BCUT2D eigenvalue weighted by Crippen LogP contribution is 2.23. The Morgan fingerprint density at radius 1 is 0.875 bits per heavy atom. The molecular formula is C9H6F5NO. The lowest BCUT2D eigenvalue weighted by molar-refractivity contribution is 0.148. The van der Waals surface area contributed by atoms with Crippen LogP contribution in [0.1, 0.15) is 5.56 Å². The number of halogens is 5. The summed E-state index contributed by atoms with van der Waals surface area (Å²) in [5.74, 6) is -9.84. The van der Waals surface area contributed by atoms with Crippen molar-refractivity contribution >= 4 is 6.72 Å². The topological polar surface area (TPSA) is 21.6 Å². The van der Waals surface area contributed by atoms with Gasteiger partial charge in [-0.05, 0) is 0 Å². The molecule has 0 saturated carbocycles. The molecule has 1 rings (SSSR count). The van der Waals surface area contributed by atoms with Crippen molar-refractivity contribution in [2.75, 3.05) is 6.61 Å². The smallest absolute Gasteiger partial charge is 0.200 e. The molecule has 1 aromatic rings. The zero-order valence-electron chi connectivity index (χ0n) is 7.87. The van der Waals surface area contributed by atoms with Gasteiger partial charge in [0.05, 0.1) is 0 Å². The molecule has 0 atom stereocenters. The zero-order valence-corrected chi connectivity index (χ0v) is 7.87. The van der Waals surface area contributed by atoms with Crippen LogP contribution in [0, 0.1) is 29.1 Å². The Labute approximate surface area is 87.3 Å². The summed E-state index contributed by atoms with van der Waals surface area (Å²) < 4.78 is 64.0. The van der Waals surface area contributed by atoms with Crippen molar-refractivity contribution in [1.82, 2.24) is 0 Å². The van der Waals surface area contributed by atoms with E-state index in [9.17, 15) is 22.0 Å². The minimum Gasteiger partial charge on any atom is -0.396 e. The van der Waals surface area contributed by atoms with Crippen molar-refractivity contribution in [2.45, 2.75) is 6.42 Å². The lowest BCUT2D eigenvalue weighted by Gasteiger charge is -2.07. The average molecular weight is 239 g/mol. The van der Waals surface area contributed by atoms with Gasteiger partial charge in [0.15, 0.2) is 23.3 Å². The van der Waals surface area contributed by atoms with Gasteiger partial charge in [0.2, 0.25) is 5.82 Å². The van der Waals surface area contributed by atoms with Gasteiger partial charge in [-0.15, -0.1) is 5.16 Å². The minimum absolute atomic E-state index is 0.331. The summed E-state index contributed by atoms with van der Waals surface area (Å²) >= 11 is 0. The standard InChI is InChI=1S/C9H6F5NO/c1-15-16-3-2-4-5(10)7(12)9(14)8(13)6(4)11/h1-3H2. The lowest BCUT2D eigenvalue weighted by atomic mass is 10.1. The third kappa shape index (κ3) is 2.12. The van der Waals surface area contributed by atoms with E-state index in [1.807, 2.05) is 0 Å². The second-order valence-electron chi connectivity index (χ2n) is 2.76. The van der Waals surface area contributed by atoms with Gasteiger partial charge in [-0.1, -0.05) is 0 Å². The molecule has 0 spiro atoms. The Balaban J connectivity index is 3.13. The molecule has 7 heteroatoms. The summed E-state index contributed by atoms with van der Waals surface area (Å²) in [6.45, 7) is 2.59. The first-order valence-corrected chi connectivity index (χ1v) is 4.09. The SMILES string of the molecule is C=NOCCc1c(F)c(F)c(F)c(F)c1F. The average Bonchev–Trinajstić information content (AvgIpc) is 2.28. The predicted octanol–water partition coefficient (Wildman–Crippen LogP) is 2.56. The molecule has 0 aliphatic rings. The van der Waals surface area contributed by atoms with E-state index in [4.69, 9.17) is 0 Å². The zero-order chi connectivity index (χ0) is 12.3. The molecule has 0 amide bonds. The predicted molar refractivity (Wildman–Crippen MR) is 45.4 cm³/mol. The molecule has 0 saturated heterocycles. The van der Waals surface area contributed by atoms with E-state index < -0.39 is 41.1 Å². The van der Waals surface area contributed by atoms with Crippen molar-refractivity contribution in [3.8, 4) is 0 Å². The molecule has 0 heterocycles. The summed E-state index contributed by atoms with van der Waals surface area (Å²) in [5, 5.41) is 2.92. The van der Waals surface area contributed by atoms with Gasteiger partial charge < -0.3 is 4.84 Å². The number of benzene rings is 1. The molecule has 1 aromatic carbocycles. The van der Waals surface area contributed by atoms with Gasteiger partial charge in [-0.2, -0.15) is 0 Å². The normalized spacial score (nSPS) is 10.3. The molecule has 0 radical (unpaired) electrons. The van der Waals surface area contributed by atoms with E-state index in [2.05, 4.69) is 16.7 Å². The van der Waals surface area contributed by atoms with Gasteiger partial charge in [0, 0.05) is 18.7 Å². The highest BCUT2D eigenvalue weighted by Gasteiger charge is 2.25. The fourth-order valence-corrected chi connectivity index (χ4v) is 1.08. The summed E-state index contributed by atoms with van der Waals surface area (Å²) in [4.78, 5) is 4.30. The first-order valence-electron chi connectivity index (χ1n) is 4.09. The monoisotopic (exact) mass is 239 g/mol. The highest BCUT2D eigenvalue weighted by atomic mass is 19.2. The van der Waals surface area contributed by atoms with E-state index in [1.165, 1.54) is 0 Å². The maximum absolute atomic E-state index is 13.0. The van der Waals surface area contributed by atoms with Gasteiger partial charge in [-0.25, -0.2) is 22.0 Å². The largest absolute Gasteiger partial charge is 0.396 e.